The molecule has 0 saturated heterocycles. The summed E-state index contributed by atoms with van der Waals surface area (Å²) >= 11 is 0. The Bertz CT molecular complexity index is 1020. The van der Waals surface area contributed by atoms with Gasteiger partial charge >= 0.3 is 5.97 Å². The van der Waals surface area contributed by atoms with Gasteiger partial charge < -0.3 is 10.2 Å². The van der Waals surface area contributed by atoms with Gasteiger partial charge in [-0.05, 0) is 30.2 Å². The number of aliphatic hydroxyl groups excluding tert-OH is 1. The largest absolute Gasteiger partial charge is 0.481 e. The number of hydrogen-bond donors (Lipinski definition) is 3. The molecule has 0 aliphatic heterocycles. The second kappa shape index (κ2) is 11.5. The molecular weight excluding hydrogens is 425 g/mol. The first kappa shape index (κ1) is 26.2. The molecule has 1 unspecified atom stereocenters. The Morgan fingerprint density at radius 1 is 1.19 bits per heavy atom. The van der Waals surface area contributed by atoms with E-state index in [-0.39, 0.29) is 11.9 Å². The van der Waals surface area contributed by atoms with Crippen LogP contribution >= 0.6 is 0 Å². The highest BCUT2D eigenvalue weighted by atomic mass is 32.2. The maximum atomic E-state index is 13.4. The average molecular weight is 454 g/mol. The van der Waals surface area contributed by atoms with Gasteiger partial charge in [-0.1, -0.05) is 39.8 Å². The van der Waals surface area contributed by atoms with Crippen LogP contribution in [-0.2, 0) is 14.8 Å². The summed E-state index contributed by atoms with van der Waals surface area (Å²) in [4.78, 5) is 19.3. The van der Waals surface area contributed by atoms with Crippen molar-refractivity contribution in [3.05, 3.63) is 47.4 Å². The normalized spacial score (nSPS) is 12.4. The van der Waals surface area contributed by atoms with Crippen LogP contribution in [0.5, 0.6) is 0 Å². The number of aromatic nitrogens is 2. The van der Waals surface area contributed by atoms with Crippen molar-refractivity contribution < 1.29 is 27.8 Å². The highest BCUT2D eigenvalue weighted by Crippen LogP contribution is 2.30. The van der Waals surface area contributed by atoms with Crippen LogP contribution < -0.4 is 4.72 Å². The fourth-order valence-electron chi connectivity index (χ4n) is 2.58. The number of hydrogen-bond acceptors (Lipinski definition) is 6. The lowest BCUT2D eigenvalue weighted by atomic mass is 9.97. The predicted molar refractivity (Wildman–Crippen MR) is 119 cm³/mol. The molecule has 3 N–H and O–H groups in total. The lowest BCUT2D eigenvalue weighted by Crippen LogP contribution is -2.15. The predicted octanol–water partition coefficient (Wildman–Crippen LogP) is 3.65. The first-order valence-electron chi connectivity index (χ1n) is 9.70. The first-order valence-corrected chi connectivity index (χ1v) is 11.6. The Kier molecular flexibility index (Phi) is 9.73. The second-order valence-electron chi connectivity index (χ2n) is 6.75. The molecule has 0 bridgehead atoms. The molecule has 1 heterocycles. The number of carboxylic acids is 1. The van der Waals surface area contributed by atoms with Gasteiger partial charge in [0.25, 0.3) is 0 Å². The Hall–Kier alpha value is -2.85. The summed E-state index contributed by atoms with van der Waals surface area (Å²) in [7, 11) is -3.64. The number of carbonyl (C=O) groups is 1. The SMILES string of the molecule is CC.CC(C)c1nc(NS(C)(=O)=O)nc(-c2ccc(F)cc2)c1/C=C/C(O)CC(=O)O. The maximum Gasteiger partial charge on any atom is 0.306 e. The molecule has 0 amide bonds. The number of anilines is 1. The zero-order valence-corrected chi connectivity index (χ0v) is 18.9. The zero-order valence-electron chi connectivity index (χ0n) is 18.1. The second-order valence-corrected chi connectivity index (χ2v) is 8.50. The monoisotopic (exact) mass is 453 g/mol. The quantitative estimate of drug-likeness (QED) is 0.556. The highest BCUT2D eigenvalue weighted by Gasteiger charge is 2.19. The van der Waals surface area contributed by atoms with Gasteiger partial charge in [0.1, 0.15) is 5.82 Å². The summed E-state index contributed by atoms with van der Waals surface area (Å²) in [5.41, 5.74) is 1.76. The van der Waals surface area contributed by atoms with Crippen LogP contribution in [0.15, 0.2) is 30.3 Å². The zero-order chi connectivity index (χ0) is 23.8. The topological polar surface area (TPSA) is 129 Å². The van der Waals surface area contributed by atoms with Gasteiger partial charge in [-0.25, -0.2) is 22.8 Å². The molecule has 10 heteroatoms. The number of rotatable bonds is 8. The van der Waals surface area contributed by atoms with E-state index in [0.717, 1.165) is 6.26 Å². The van der Waals surface area contributed by atoms with Crippen molar-refractivity contribution in [2.75, 3.05) is 11.0 Å². The van der Waals surface area contributed by atoms with E-state index < -0.39 is 34.3 Å². The molecule has 0 saturated carbocycles. The van der Waals surface area contributed by atoms with Crippen LogP contribution in [0, 0.1) is 5.82 Å². The summed E-state index contributed by atoms with van der Waals surface area (Å²) in [5.74, 6) is -1.91. The van der Waals surface area contributed by atoms with Crippen molar-refractivity contribution >= 4 is 28.0 Å². The van der Waals surface area contributed by atoms with E-state index in [2.05, 4.69) is 14.7 Å². The van der Waals surface area contributed by atoms with Crippen molar-refractivity contribution in [2.45, 2.75) is 46.1 Å². The van der Waals surface area contributed by atoms with Crippen molar-refractivity contribution in [2.24, 2.45) is 0 Å². The van der Waals surface area contributed by atoms with E-state index in [4.69, 9.17) is 5.11 Å². The molecule has 0 radical (unpaired) electrons. The van der Waals surface area contributed by atoms with Crippen molar-refractivity contribution in [3.8, 4) is 11.3 Å². The number of nitrogens with one attached hydrogen (secondary N) is 1. The number of nitrogens with zero attached hydrogens (tertiary/aromatic N) is 2. The molecule has 2 rings (SSSR count). The lowest BCUT2D eigenvalue weighted by Gasteiger charge is -2.16. The van der Waals surface area contributed by atoms with E-state index in [1.54, 1.807) is 0 Å². The summed E-state index contributed by atoms with van der Waals surface area (Å²) in [5, 5.41) is 18.7. The number of halogens is 1. The first-order chi connectivity index (χ1) is 14.5. The summed E-state index contributed by atoms with van der Waals surface area (Å²) in [6.45, 7) is 7.68. The number of benzene rings is 1. The van der Waals surface area contributed by atoms with E-state index in [1.165, 1.54) is 36.4 Å². The minimum atomic E-state index is -3.64. The number of sulfonamides is 1. The number of aliphatic carboxylic acids is 1. The molecule has 31 heavy (non-hydrogen) atoms. The summed E-state index contributed by atoms with van der Waals surface area (Å²) < 4.78 is 38.9. The summed E-state index contributed by atoms with van der Waals surface area (Å²) in [6.07, 6.45) is 2.05. The Labute approximate surface area is 181 Å². The van der Waals surface area contributed by atoms with Crippen LogP contribution in [0.25, 0.3) is 17.3 Å². The van der Waals surface area contributed by atoms with E-state index >= 15 is 0 Å². The third-order valence-corrected chi connectivity index (χ3v) is 4.34. The molecule has 1 aromatic heterocycles. The lowest BCUT2D eigenvalue weighted by molar-refractivity contribution is -0.138. The molecular formula is C21H28FN3O5S. The van der Waals surface area contributed by atoms with Gasteiger partial charge in [-0.2, -0.15) is 0 Å². The standard InChI is InChI=1S/C19H22FN3O5S.C2H6/c1-11(2)17-15(9-8-14(24)10-16(25)26)18(12-4-6-13(20)7-5-12)22-19(21-17)23-29(3,27)28;1-2/h4-9,11,14,24H,10H2,1-3H3,(H,25,26)(H,21,22,23);1-2H3/b9-8+;. The van der Waals surface area contributed by atoms with Crippen molar-refractivity contribution in [1.82, 2.24) is 9.97 Å². The van der Waals surface area contributed by atoms with Gasteiger partial charge in [0.2, 0.25) is 16.0 Å². The van der Waals surface area contributed by atoms with Gasteiger partial charge in [0.15, 0.2) is 0 Å². The molecule has 0 aliphatic carbocycles. The van der Waals surface area contributed by atoms with Gasteiger partial charge in [-0.15, -0.1) is 0 Å². The molecule has 1 aromatic carbocycles. The summed E-state index contributed by atoms with van der Waals surface area (Å²) in [6, 6.07) is 5.44. The number of carboxylic acid groups (broad SMARTS) is 1. The molecule has 170 valence electrons. The third kappa shape index (κ3) is 8.42. The molecule has 1 atom stereocenters. The van der Waals surface area contributed by atoms with E-state index in [1.807, 2.05) is 27.7 Å². The fraction of sp³-hybridized carbons (Fsp3) is 0.381. The third-order valence-electron chi connectivity index (χ3n) is 3.79. The van der Waals surface area contributed by atoms with Crippen LogP contribution in [0.3, 0.4) is 0 Å². The molecule has 8 nitrogen and oxygen atoms in total. The molecule has 0 fully saturated rings. The Balaban J connectivity index is 0.00000233. The molecule has 2 aromatic rings. The number of aliphatic hydroxyl groups is 1. The average Bonchev–Trinajstić information content (AvgIpc) is 2.66. The molecule has 0 spiro atoms. The minimum absolute atomic E-state index is 0.140. The maximum absolute atomic E-state index is 13.4. The van der Waals surface area contributed by atoms with Gasteiger partial charge in [-0.3, -0.25) is 9.52 Å². The van der Waals surface area contributed by atoms with Crippen molar-refractivity contribution in [3.63, 3.8) is 0 Å². The smallest absolute Gasteiger partial charge is 0.306 e. The molecule has 0 aliphatic rings. The van der Waals surface area contributed by atoms with Crippen LogP contribution in [0.2, 0.25) is 0 Å². The van der Waals surface area contributed by atoms with Crippen LogP contribution in [0.4, 0.5) is 10.3 Å². The van der Waals surface area contributed by atoms with Crippen LogP contribution in [-0.4, -0.2) is 46.9 Å². The minimum Gasteiger partial charge on any atom is -0.481 e. The van der Waals surface area contributed by atoms with Crippen LogP contribution in [0.1, 0.15) is 51.3 Å². The Morgan fingerprint density at radius 3 is 2.26 bits per heavy atom. The fourth-order valence-corrected chi connectivity index (χ4v) is 3.01. The van der Waals surface area contributed by atoms with E-state index in [0.29, 0.717) is 22.5 Å². The van der Waals surface area contributed by atoms with Crippen molar-refractivity contribution in [1.29, 1.82) is 0 Å². The van der Waals surface area contributed by atoms with E-state index in [9.17, 15) is 22.7 Å². The Morgan fingerprint density at radius 2 is 1.77 bits per heavy atom. The van der Waals surface area contributed by atoms with Gasteiger partial charge in [0.05, 0.1) is 30.2 Å². The van der Waals surface area contributed by atoms with Gasteiger partial charge in [0, 0.05) is 11.1 Å². The highest BCUT2D eigenvalue weighted by molar-refractivity contribution is 7.91.